The van der Waals surface area contributed by atoms with Gasteiger partial charge in [-0.05, 0) is 18.2 Å². The number of aromatic nitrogens is 1. The first-order chi connectivity index (χ1) is 10.8. The van der Waals surface area contributed by atoms with Gasteiger partial charge in [-0.3, -0.25) is 5.32 Å². The lowest BCUT2D eigenvalue weighted by molar-refractivity contribution is -0.137. The summed E-state index contributed by atoms with van der Waals surface area (Å²) < 4.78 is 38.5. The number of fused-ring (bicyclic) bond motifs is 1. The summed E-state index contributed by atoms with van der Waals surface area (Å²) in [6.45, 7) is 0.230. The number of alkyl halides is 4. The molecule has 23 heavy (non-hydrogen) atoms. The standard InChI is InChI=1S/C13H11BrF3N3O2S/c14-3-4-20(5-6-21)12(22)19-11-18-9-7-8(13(15,16)17)1-2-10(9)23-11/h1-2,6-7H,3-5H2,(H,18,19,22). The van der Waals surface area contributed by atoms with Crippen molar-refractivity contribution in [2.24, 2.45) is 0 Å². The van der Waals surface area contributed by atoms with E-state index in [0.29, 0.717) is 22.9 Å². The van der Waals surface area contributed by atoms with E-state index in [1.807, 2.05) is 0 Å². The van der Waals surface area contributed by atoms with Crippen molar-refractivity contribution in [3.63, 3.8) is 0 Å². The van der Waals surface area contributed by atoms with Gasteiger partial charge in [-0.1, -0.05) is 27.3 Å². The third-order valence-corrected chi connectivity index (χ3v) is 4.17. The molecule has 0 bridgehead atoms. The molecule has 1 N–H and O–H groups in total. The largest absolute Gasteiger partial charge is 0.416 e. The molecule has 0 aliphatic rings. The molecule has 0 spiro atoms. The monoisotopic (exact) mass is 409 g/mol. The van der Waals surface area contributed by atoms with Crippen LogP contribution in [0.4, 0.5) is 23.1 Å². The van der Waals surface area contributed by atoms with Crippen LogP contribution in [0.2, 0.25) is 0 Å². The van der Waals surface area contributed by atoms with E-state index in [9.17, 15) is 22.8 Å². The predicted molar refractivity (Wildman–Crippen MR) is 85.1 cm³/mol. The zero-order valence-electron chi connectivity index (χ0n) is 11.6. The van der Waals surface area contributed by atoms with Crippen LogP contribution >= 0.6 is 27.3 Å². The molecule has 124 valence electrons. The van der Waals surface area contributed by atoms with Crippen molar-refractivity contribution in [2.45, 2.75) is 6.18 Å². The zero-order chi connectivity index (χ0) is 17.0. The highest BCUT2D eigenvalue weighted by atomic mass is 79.9. The molecule has 1 heterocycles. The Balaban J connectivity index is 2.20. The summed E-state index contributed by atoms with van der Waals surface area (Å²) in [7, 11) is 0. The number of carbonyl (C=O) groups excluding carboxylic acids is 2. The number of benzene rings is 1. The summed E-state index contributed by atoms with van der Waals surface area (Å²) in [4.78, 5) is 27.8. The van der Waals surface area contributed by atoms with E-state index in [-0.39, 0.29) is 17.2 Å². The van der Waals surface area contributed by atoms with Gasteiger partial charge in [0, 0.05) is 11.9 Å². The summed E-state index contributed by atoms with van der Waals surface area (Å²) in [5.41, 5.74) is -0.641. The first-order valence-corrected chi connectivity index (χ1v) is 8.32. The van der Waals surface area contributed by atoms with Crippen molar-refractivity contribution in [1.29, 1.82) is 0 Å². The Morgan fingerprint density at radius 3 is 2.78 bits per heavy atom. The predicted octanol–water partition coefficient (Wildman–Crippen LogP) is 3.74. The lowest BCUT2D eigenvalue weighted by Crippen LogP contribution is -2.37. The van der Waals surface area contributed by atoms with Crippen LogP contribution in [-0.2, 0) is 11.0 Å². The number of carbonyl (C=O) groups is 2. The number of anilines is 1. The molecule has 0 aliphatic carbocycles. The van der Waals surface area contributed by atoms with Crippen molar-refractivity contribution in [1.82, 2.24) is 9.88 Å². The average Bonchev–Trinajstić information content (AvgIpc) is 2.87. The smallest absolute Gasteiger partial charge is 0.317 e. The molecule has 1 aromatic carbocycles. The number of aldehydes is 1. The summed E-state index contributed by atoms with van der Waals surface area (Å²) >= 11 is 4.23. The fourth-order valence-electron chi connectivity index (χ4n) is 1.80. The molecule has 5 nitrogen and oxygen atoms in total. The van der Waals surface area contributed by atoms with Gasteiger partial charge in [-0.15, -0.1) is 0 Å². The normalized spacial score (nSPS) is 11.5. The molecule has 0 aliphatic heterocycles. The Bertz CT molecular complexity index is 720. The van der Waals surface area contributed by atoms with E-state index >= 15 is 0 Å². The highest BCUT2D eigenvalue weighted by Gasteiger charge is 2.30. The average molecular weight is 410 g/mol. The van der Waals surface area contributed by atoms with Crippen LogP contribution in [0.25, 0.3) is 10.2 Å². The number of urea groups is 1. The lowest BCUT2D eigenvalue weighted by atomic mass is 10.2. The van der Waals surface area contributed by atoms with Gasteiger partial charge < -0.3 is 9.69 Å². The summed E-state index contributed by atoms with van der Waals surface area (Å²) in [5, 5.41) is 3.16. The van der Waals surface area contributed by atoms with Gasteiger partial charge in [0.2, 0.25) is 0 Å². The van der Waals surface area contributed by atoms with E-state index < -0.39 is 17.8 Å². The minimum absolute atomic E-state index is 0.0828. The van der Waals surface area contributed by atoms with Crippen molar-refractivity contribution >= 4 is 54.9 Å². The van der Waals surface area contributed by atoms with Gasteiger partial charge in [0.05, 0.1) is 22.3 Å². The third kappa shape index (κ3) is 4.41. The van der Waals surface area contributed by atoms with Crippen LogP contribution < -0.4 is 5.32 Å². The van der Waals surface area contributed by atoms with Crippen LogP contribution in [0.3, 0.4) is 0 Å². The quantitative estimate of drug-likeness (QED) is 0.604. The van der Waals surface area contributed by atoms with Gasteiger partial charge in [-0.25, -0.2) is 9.78 Å². The second-order valence-corrected chi connectivity index (χ2v) is 6.25. The second-order valence-electron chi connectivity index (χ2n) is 4.43. The maximum atomic E-state index is 12.7. The highest BCUT2D eigenvalue weighted by Crippen LogP contribution is 2.34. The molecule has 10 heteroatoms. The minimum Gasteiger partial charge on any atom is -0.317 e. The fourth-order valence-corrected chi connectivity index (χ4v) is 3.06. The molecule has 2 aromatic rings. The minimum atomic E-state index is -4.45. The van der Waals surface area contributed by atoms with Crippen LogP contribution in [0.15, 0.2) is 18.2 Å². The van der Waals surface area contributed by atoms with E-state index in [1.54, 1.807) is 0 Å². The molecule has 0 saturated heterocycles. The summed E-state index contributed by atoms with van der Waals surface area (Å²) in [6, 6.07) is 2.68. The topological polar surface area (TPSA) is 62.3 Å². The number of amides is 2. The van der Waals surface area contributed by atoms with Crippen molar-refractivity contribution in [3.8, 4) is 0 Å². The third-order valence-electron chi connectivity index (χ3n) is 2.87. The summed E-state index contributed by atoms with van der Waals surface area (Å²) in [5.74, 6) is 0. The van der Waals surface area contributed by atoms with Crippen molar-refractivity contribution in [3.05, 3.63) is 23.8 Å². The number of nitrogens with one attached hydrogen (secondary N) is 1. The Hall–Kier alpha value is -1.68. The molecule has 0 atom stereocenters. The molecule has 0 saturated carbocycles. The maximum absolute atomic E-state index is 12.7. The fraction of sp³-hybridized carbons (Fsp3) is 0.308. The molecular weight excluding hydrogens is 399 g/mol. The van der Waals surface area contributed by atoms with Crippen molar-refractivity contribution < 1.29 is 22.8 Å². The SMILES string of the molecule is O=CCN(CCBr)C(=O)Nc1nc2cc(C(F)(F)F)ccc2s1. The number of rotatable bonds is 5. The number of hydrogen-bond acceptors (Lipinski definition) is 4. The Morgan fingerprint density at radius 1 is 1.43 bits per heavy atom. The van der Waals surface area contributed by atoms with Gasteiger partial charge in [0.1, 0.15) is 6.29 Å². The molecule has 0 fully saturated rings. The van der Waals surface area contributed by atoms with Gasteiger partial charge in [0.25, 0.3) is 0 Å². The number of halogens is 4. The molecule has 2 rings (SSSR count). The van der Waals surface area contributed by atoms with Crippen LogP contribution in [0.1, 0.15) is 5.56 Å². The van der Waals surface area contributed by atoms with Gasteiger partial charge in [-0.2, -0.15) is 13.2 Å². The van der Waals surface area contributed by atoms with Crippen LogP contribution in [0, 0.1) is 0 Å². The van der Waals surface area contributed by atoms with E-state index in [4.69, 9.17) is 0 Å². The number of nitrogens with zero attached hydrogens (tertiary/aromatic N) is 2. The Morgan fingerprint density at radius 2 is 2.17 bits per heavy atom. The van der Waals surface area contributed by atoms with Crippen molar-refractivity contribution in [2.75, 3.05) is 23.7 Å². The van der Waals surface area contributed by atoms with Gasteiger partial charge >= 0.3 is 12.2 Å². The second kappa shape index (κ2) is 7.26. The Labute approximate surface area is 141 Å². The lowest BCUT2D eigenvalue weighted by Gasteiger charge is -2.18. The molecular formula is C13H11BrF3N3O2S. The first kappa shape index (κ1) is 17.7. The molecule has 1 aromatic heterocycles. The molecule has 0 unspecified atom stereocenters. The number of thiazole rings is 1. The van der Waals surface area contributed by atoms with E-state index in [2.05, 4.69) is 26.2 Å². The number of hydrogen-bond donors (Lipinski definition) is 1. The molecule has 0 radical (unpaired) electrons. The highest BCUT2D eigenvalue weighted by molar-refractivity contribution is 9.09. The van der Waals surface area contributed by atoms with Crippen LogP contribution in [-0.4, -0.2) is 40.6 Å². The molecule has 2 amide bonds. The zero-order valence-corrected chi connectivity index (χ0v) is 14.0. The van der Waals surface area contributed by atoms with E-state index in [1.165, 1.54) is 11.0 Å². The van der Waals surface area contributed by atoms with E-state index in [0.717, 1.165) is 23.5 Å². The first-order valence-electron chi connectivity index (χ1n) is 6.38. The van der Waals surface area contributed by atoms with Gasteiger partial charge in [0.15, 0.2) is 5.13 Å². The maximum Gasteiger partial charge on any atom is 0.416 e. The Kier molecular flexibility index (Phi) is 5.58. The van der Waals surface area contributed by atoms with Crippen LogP contribution in [0.5, 0.6) is 0 Å². The summed E-state index contributed by atoms with van der Waals surface area (Å²) in [6.07, 6.45) is -3.85.